The summed E-state index contributed by atoms with van der Waals surface area (Å²) in [5.74, 6) is -0.495. The standard InChI is InChI=1S/C34H34ClN10O7S.3Na.O3S/c35-30-41-33(44-34(42-30)45(16-18-46)17-19-47)37-25-11-7-22(8-12-25)6-9-24-10-13-26(21-27(24)53(50,51)52)38-32-40-28(20-23-4-2-1-3-5-23)39-31(43-32)36-15-14-29(48)49;;;;1-4(2)3/h1-7,9-13,21,46-47H,14-20H2,(H,48,49)(H,50,51,52)(H,37,41,42,44)(H2,36,38,39,40,43);;;;/q-1;3*+1;/p-2/b9-6+;;;;. The number of hydrogen-bond acceptors (Lipinski definition) is 20. The number of aliphatic hydroxyl groups is 2. The Morgan fingerprint density at radius 1 is 0.833 bits per heavy atom. The van der Waals surface area contributed by atoms with Gasteiger partial charge in [0.25, 0.3) is 0 Å². The van der Waals surface area contributed by atoms with E-state index in [1.807, 2.05) is 30.3 Å². The second-order valence-corrected chi connectivity index (χ2v) is 13.4. The maximum atomic E-state index is 12.3. The number of anilines is 6. The summed E-state index contributed by atoms with van der Waals surface area (Å²) in [6.07, 6.45) is 3.08. The molecular weight excluding hydrogens is 877 g/mol. The molecule has 5 N–H and O–H groups in total. The number of rotatable bonds is 18. The maximum absolute atomic E-state index is 12.3. The minimum atomic E-state index is -4.94. The van der Waals surface area contributed by atoms with E-state index >= 15 is 0 Å². The summed E-state index contributed by atoms with van der Waals surface area (Å²) in [5, 5.41) is 38.2. The number of aromatic nitrogens is 6. The number of carbonyl (C=O) groups is 1. The van der Waals surface area contributed by atoms with Gasteiger partial charge >= 0.3 is 99.3 Å². The van der Waals surface area contributed by atoms with E-state index in [1.54, 1.807) is 35.2 Å². The summed E-state index contributed by atoms with van der Waals surface area (Å²) in [7, 11) is -8.05. The minimum Gasteiger partial charge on any atom is -0.744 e. The van der Waals surface area contributed by atoms with Crippen LogP contribution in [0.25, 0.3) is 12.2 Å². The molecule has 20 nitrogen and oxygen atoms in total. The second kappa shape index (κ2) is 27.7. The Balaban J connectivity index is 0.00000246. The van der Waals surface area contributed by atoms with E-state index in [2.05, 4.69) is 51.9 Å². The fourth-order valence-electron chi connectivity index (χ4n) is 4.80. The quantitative estimate of drug-likeness (QED) is 0.0236. The first-order valence-corrected chi connectivity index (χ1v) is 19.2. The molecular formula is C34H32ClN10Na3O10S2. The van der Waals surface area contributed by atoms with Crippen LogP contribution in [0.3, 0.4) is 0 Å². The second-order valence-electron chi connectivity index (χ2n) is 11.3. The monoisotopic (exact) mass is 908 g/mol. The molecule has 2 aromatic heterocycles. The third-order valence-corrected chi connectivity index (χ3v) is 8.25. The van der Waals surface area contributed by atoms with Crippen molar-refractivity contribution < 1.29 is 134 Å². The zero-order chi connectivity index (χ0) is 41.4. The van der Waals surface area contributed by atoms with Crippen LogP contribution in [0.2, 0.25) is 5.28 Å². The average molecular weight is 909 g/mol. The van der Waals surface area contributed by atoms with Gasteiger partial charge in [-0.05, 0) is 40.5 Å². The maximum Gasteiger partial charge on any atom is 1.00 e. The van der Waals surface area contributed by atoms with Crippen molar-refractivity contribution in [3.05, 3.63) is 101 Å². The Labute approximate surface area is 417 Å². The van der Waals surface area contributed by atoms with Gasteiger partial charge in [-0.15, -0.1) is 43.0 Å². The molecule has 0 aliphatic carbocycles. The minimum absolute atomic E-state index is 0. The van der Waals surface area contributed by atoms with Gasteiger partial charge in [-0.25, -0.2) is 8.42 Å². The van der Waals surface area contributed by atoms with Crippen LogP contribution in [0.1, 0.15) is 28.9 Å². The Bertz CT molecular complexity index is 2400. The van der Waals surface area contributed by atoms with Crippen molar-refractivity contribution in [2.45, 2.75) is 17.7 Å². The first-order valence-electron chi connectivity index (χ1n) is 16.4. The van der Waals surface area contributed by atoms with Gasteiger partial charge in [0.15, 0.2) is 0 Å². The zero-order valence-electron chi connectivity index (χ0n) is 32.4. The number of halogens is 1. The third kappa shape index (κ3) is 19.3. The van der Waals surface area contributed by atoms with Gasteiger partial charge in [-0.3, -0.25) is 0 Å². The molecule has 26 heteroatoms. The van der Waals surface area contributed by atoms with Crippen LogP contribution in [0.15, 0.2) is 71.6 Å². The normalized spacial score (nSPS) is 10.5. The van der Waals surface area contributed by atoms with Gasteiger partial charge in [0, 0.05) is 44.1 Å². The van der Waals surface area contributed by atoms with Crippen molar-refractivity contribution >= 4 is 85.6 Å². The largest absolute Gasteiger partial charge is 1.00 e. The molecule has 0 unspecified atom stereocenters. The van der Waals surface area contributed by atoms with Crippen LogP contribution < -0.4 is 115 Å². The van der Waals surface area contributed by atoms with Crippen molar-refractivity contribution in [2.75, 3.05) is 53.7 Å². The number of aliphatic carboxylic acids is 1. The number of carbonyl (C=O) groups excluding carboxylic acids is 1. The van der Waals surface area contributed by atoms with Gasteiger partial charge in [0.1, 0.15) is 15.9 Å². The van der Waals surface area contributed by atoms with Crippen LogP contribution >= 0.6 is 11.6 Å². The van der Waals surface area contributed by atoms with Crippen LogP contribution in [0, 0.1) is 6.07 Å². The van der Waals surface area contributed by atoms with Crippen LogP contribution in [-0.4, -0.2) is 105 Å². The molecule has 0 bridgehead atoms. The Hall–Kier alpha value is -3.17. The summed E-state index contributed by atoms with van der Waals surface area (Å²) in [4.78, 5) is 37.4. The molecule has 0 aliphatic heterocycles. The van der Waals surface area contributed by atoms with E-state index < -0.39 is 31.6 Å². The van der Waals surface area contributed by atoms with E-state index in [0.29, 0.717) is 23.5 Å². The molecule has 300 valence electrons. The number of aliphatic hydroxyl groups excluding tert-OH is 2. The molecule has 2 heterocycles. The number of hydrogen-bond donors (Lipinski definition) is 5. The Morgan fingerprint density at radius 2 is 1.45 bits per heavy atom. The van der Waals surface area contributed by atoms with Gasteiger partial charge in [0.05, 0.1) is 18.1 Å². The molecule has 0 spiro atoms. The summed E-state index contributed by atoms with van der Waals surface area (Å²) >= 11 is 6.08. The first kappa shape index (κ1) is 54.8. The molecule has 0 aliphatic rings. The van der Waals surface area contributed by atoms with E-state index in [0.717, 1.165) is 5.56 Å². The number of nitrogens with one attached hydrogen (secondary N) is 3. The van der Waals surface area contributed by atoms with Gasteiger partial charge in [0.2, 0.25) is 29.1 Å². The fourth-order valence-corrected chi connectivity index (χ4v) is 5.65. The smallest absolute Gasteiger partial charge is 0.744 e. The van der Waals surface area contributed by atoms with Gasteiger partial charge in [-0.2, -0.15) is 35.5 Å². The Morgan fingerprint density at radius 3 is 2.05 bits per heavy atom. The summed E-state index contributed by atoms with van der Waals surface area (Å²) in [5.41, 5.74) is 2.31. The van der Waals surface area contributed by atoms with Crippen molar-refractivity contribution in [3.8, 4) is 0 Å². The van der Waals surface area contributed by atoms with Crippen molar-refractivity contribution in [3.63, 3.8) is 0 Å². The first-order chi connectivity index (χ1) is 27.2. The van der Waals surface area contributed by atoms with Gasteiger partial charge in [-0.1, -0.05) is 42.5 Å². The zero-order valence-corrected chi connectivity index (χ0v) is 40.8. The van der Waals surface area contributed by atoms with Crippen molar-refractivity contribution in [1.82, 2.24) is 29.9 Å². The predicted octanol–water partition coefficient (Wildman–Crippen LogP) is -7.99. The summed E-state index contributed by atoms with van der Waals surface area (Å²) < 4.78 is 62.4. The number of carboxylic acid groups (broad SMARTS) is 1. The fraction of sp³-hybridized carbons (Fsp3) is 0.206. The molecule has 5 aromatic rings. The molecule has 60 heavy (non-hydrogen) atoms. The third-order valence-electron chi connectivity index (χ3n) is 7.19. The van der Waals surface area contributed by atoms with Crippen molar-refractivity contribution in [2.24, 2.45) is 0 Å². The van der Waals surface area contributed by atoms with Crippen LogP contribution in [-0.2, 0) is 31.9 Å². The molecule has 0 saturated carbocycles. The van der Waals surface area contributed by atoms with E-state index in [4.69, 9.17) is 24.2 Å². The molecule has 3 aromatic carbocycles. The van der Waals surface area contributed by atoms with Crippen molar-refractivity contribution in [1.29, 1.82) is 0 Å². The predicted molar refractivity (Wildman–Crippen MR) is 203 cm³/mol. The van der Waals surface area contributed by atoms with Crippen LogP contribution in [0.5, 0.6) is 0 Å². The average Bonchev–Trinajstić information content (AvgIpc) is 3.14. The topological polar surface area (TPSA) is 306 Å². The summed E-state index contributed by atoms with van der Waals surface area (Å²) in [6, 6.07) is 21.5. The number of nitrogens with zero attached hydrogens (tertiary/aromatic N) is 7. The number of benzene rings is 3. The van der Waals surface area contributed by atoms with E-state index in [-0.39, 0.29) is 168 Å². The molecule has 0 amide bonds. The Kier molecular flexibility index (Phi) is 25.3. The molecule has 0 radical (unpaired) electrons. The molecule has 0 fully saturated rings. The summed E-state index contributed by atoms with van der Waals surface area (Å²) in [6.45, 7) is -0.0297. The SMILES string of the molecule is O=C([O-])CCNc1nc(Cc2ccccc2)nc(Nc2ccc(/C=C/c3[c-]cc(Nc4nc(Cl)nc(N(CCO)CCO)n4)cc3)c(S(=O)(=O)[O-])c2)n1.O=S(=O)=O.[Na+].[Na+].[Na+]. The van der Waals surface area contributed by atoms with E-state index in [1.165, 1.54) is 18.2 Å². The molecule has 5 rings (SSSR count). The molecule has 0 saturated heterocycles. The van der Waals surface area contributed by atoms with Crippen LogP contribution in [0.4, 0.5) is 35.2 Å². The number of carboxylic acids is 1. The van der Waals surface area contributed by atoms with Gasteiger partial charge < -0.3 is 45.5 Å². The molecule has 0 atom stereocenters. The van der Waals surface area contributed by atoms with E-state index in [9.17, 15) is 33.1 Å².